The minimum Gasteiger partial charge on any atom is -0.459 e. The average Bonchev–Trinajstić information content (AvgIpc) is 2.53. The average molecular weight is 299 g/mol. The Bertz CT molecular complexity index is 420. The van der Waals surface area contributed by atoms with Crippen LogP contribution in [-0.4, -0.2) is 52.8 Å². The predicted octanol–water partition coefficient (Wildman–Crippen LogP) is 0.291. The molecule has 118 valence electrons. The zero-order valence-corrected chi connectivity index (χ0v) is 11.9. The van der Waals surface area contributed by atoms with Crippen molar-refractivity contribution in [3.8, 4) is 0 Å². The monoisotopic (exact) mass is 299 g/mol. The number of ether oxygens (including phenoxy) is 1. The first-order valence-corrected chi connectivity index (χ1v) is 6.84. The van der Waals surface area contributed by atoms with Crippen molar-refractivity contribution < 1.29 is 24.9 Å². The number of aliphatic hydroxyl groups excluding tert-OH is 3. The summed E-state index contributed by atoms with van der Waals surface area (Å²) in [5.41, 5.74) is 0.432. The number of hydrogen-bond acceptors (Lipinski definition) is 7. The van der Waals surface area contributed by atoms with Gasteiger partial charge in [-0.25, -0.2) is 4.79 Å². The molecule has 7 heteroatoms. The maximum absolute atomic E-state index is 11.7. The SMILES string of the molecule is CC(C(O)COC(=O)C1=CCCC=C1)C(N=O)C(O)CO. The summed E-state index contributed by atoms with van der Waals surface area (Å²) in [4.78, 5) is 22.4. The molecule has 0 bridgehead atoms. The molecule has 0 amide bonds. The number of allylic oxidation sites excluding steroid dienone is 2. The van der Waals surface area contributed by atoms with Gasteiger partial charge in [-0.2, -0.15) is 4.91 Å². The van der Waals surface area contributed by atoms with E-state index >= 15 is 0 Å². The smallest absolute Gasteiger partial charge is 0.337 e. The molecular weight excluding hydrogens is 278 g/mol. The highest BCUT2D eigenvalue weighted by Crippen LogP contribution is 2.17. The molecule has 0 spiro atoms. The van der Waals surface area contributed by atoms with Crippen molar-refractivity contribution in [1.29, 1.82) is 0 Å². The van der Waals surface area contributed by atoms with E-state index in [1.807, 2.05) is 6.08 Å². The number of rotatable bonds is 8. The Labute approximate surface area is 122 Å². The minimum atomic E-state index is -1.35. The lowest BCUT2D eigenvalue weighted by Gasteiger charge is -2.25. The number of aliphatic hydroxyl groups is 3. The van der Waals surface area contributed by atoms with E-state index in [1.54, 1.807) is 12.2 Å². The van der Waals surface area contributed by atoms with Gasteiger partial charge >= 0.3 is 5.97 Å². The van der Waals surface area contributed by atoms with Gasteiger partial charge in [0.1, 0.15) is 18.8 Å². The molecular formula is C14H21NO6. The summed E-state index contributed by atoms with van der Waals surface area (Å²) in [6, 6.07) is -1.17. The molecule has 0 aliphatic heterocycles. The fourth-order valence-corrected chi connectivity index (χ4v) is 2.01. The summed E-state index contributed by atoms with van der Waals surface area (Å²) in [5, 5.41) is 30.9. The van der Waals surface area contributed by atoms with Crippen LogP contribution < -0.4 is 0 Å². The fraction of sp³-hybridized carbons (Fsp3) is 0.643. The second-order valence-electron chi connectivity index (χ2n) is 5.01. The first-order chi connectivity index (χ1) is 10.0. The molecule has 4 unspecified atom stereocenters. The molecule has 4 atom stereocenters. The molecule has 7 nitrogen and oxygen atoms in total. The van der Waals surface area contributed by atoms with E-state index in [9.17, 15) is 19.9 Å². The van der Waals surface area contributed by atoms with Gasteiger partial charge in [-0.15, -0.1) is 0 Å². The van der Waals surface area contributed by atoms with Crippen molar-refractivity contribution >= 4 is 5.97 Å². The van der Waals surface area contributed by atoms with Crippen LogP contribution in [0.3, 0.4) is 0 Å². The van der Waals surface area contributed by atoms with E-state index in [-0.39, 0.29) is 6.61 Å². The largest absolute Gasteiger partial charge is 0.459 e. The van der Waals surface area contributed by atoms with Crippen LogP contribution in [0.2, 0.25) is 0 Å². The van der Waals surface area contributed by atoms with Gasteiger partial charge in [0, 0.05) is 5.92 Å². The molecule has 1 rings (SSSR count). The normalized spacial score (nSPS) is 20.1. The van der Waals surface area contributed by atoms with E-state index < -0.39 is 36.7 Å². The Kier molecular flexibility index (Phi) is 7.21. The molecule has 0 fully saturated rings. The molecule has 1 aliphatic rings. The van der Waals surface area contributed by atoms with Gasteiger partial charge in [0.2, 0.25) is 0 Å². The molecule has 0 aromatic rings. The third kappa shape index (κ3) is 5.04. The van der Waals surface area contributed by atoms with Gasteiger partial charge in [0.05, 0.1) is 18.3 Å². The summed E-state index contributed by atoms with van der Waals surface area (Å²) in [5.74, 6) is -1.30. The lowest BCUT2D eigenvalue weighted by molar-refractivity contribution is -0.143. The van der Waals surface area contributed by atoms with Crippen LogP contribution in [0.4, 0.5) is 0 Å². The lowest BCUT2D eigenvalue weighted by atomic mass is 9.93. The van der Waals surface area contributed by atoms with Crippen molar-refractivity contribution in [3.05, 3.63) is 28.7 Å². The third-order valence-corrected chi connectivity index (χ3v) is 3.46. The highest BCUT2D eigenvalue weighted by molar-refractivity contribution is 5.91. The van der Waals surface area contributed by atoms with Gasteiger partial charge in [0.25, 0.3) is 0 Å². The van der Waals surface area contributed by atoms with E-state index in [0.717, 1.165) is 12.8 Å². The van der Waals surface area contributed by atoms with Crippen LogP contribution in [0.5, 0.6) is 0 Å². The van der Waals surface area contributed by atoms with E-state index in [0.29, 0.717) is 5.57 Å². The minimum absolute atomic E-state index is 0.310. The second kappa shape index (κ2) is 8.66. The first-order valence-electron chi connectivity index (χ1n) is 6.84. The molecule has 3 N–H and O–H groups in total. The molecule has 0 aromatic heterocycles. The third-order valence-electron chi connectivity index (χ3n) is 3.46. The highest BCUT2D eigenvalue weighted by Gasteiger charge is 2.31. The summed E-state index contributed by atoms with van der Waals surface area (Å²) in [7, 11) is 0. The van der Waals surface area contributed by atoms with Crippen LogP contribution in [0, 0.1) is 10.8 Å². The molecule has 1 aliphatic carbocycles. The molecule has 0 radical (unpaired) electrons. The van der Waals surface area contributed by atoms with Crippen molar-refractivity contribution in [2.45, 2.75) is 38.0 Å². The van der Waals surface area contributed by atoms with Gasteiger partial charge in [-0.3, -0.25) is 0 Å². The van der Waals surface area contributed by atoms with Gasteiger partial charge < -0.3 is 20.1 Å². The van der Waals surface area contributed by atoms with Gasteiger partial charge in [-0.05, 0) is 12.8 Å². The van der Waals surface area contributed by atoms with Crippen molar-refractivity contribution in [2.75, 3.05) is 13.2 Å². The standard InChI is InChI=1S/C14H21NO6/c1-9(13(15-20)11(17)7-16)12(18)8-21-14(19)10-5-3-2-4-6-10/h3,5-6,9,11-13,16-18H,2,4,7-8H2,1H3. The Balaban J connectivity index is 2.50. The van der Waals surface area contributed by atoms with Crippen molar-refractivity contribution in [1.82, 2.24) is 0 Å². The predicted molar refractivity (Wildman–Crippen MR) is 75.3 cm³/mol. The summed E-state index contributed by atoms with van der Waals surface area (Å²) < 4.78 is 4.98. The second-order valence-corrected chi connectivity index (χ2v) is 5.01. The van der Waals surface area contributed by atoms with E-state index in [4.69, 9.17) is 9.84 Å². The number of esters is 1. The molecule has 0 aromatic carbocycles. The Hall–Kier alpha value is -1.57. The summed E-state index contributed by atoms with van der Waals surface area (Å²) in [6.07, 6.45) is 4.40. The van der Waals surface area contributed by atoms with Crippen LogP contribution in [-0.2, 0) is 9.53 Å². The molecule has 21 heavy (non-hydrogen) atoms. The zero-order valence-electron chi connectivity index (χ0n) is 11.9. The van der Waals surface area contributed by atoms with E-state index in [1.165, 1.54) is 6.92 Å². The Morgan fingerprint density at radius 1 is 1.38 bits per heavy atom. The molecule has 0 saturated heterocycles. The van der Waals surface area contributed by atoms with Gasteiger partial charge in [-0.1, -0.05) is 30.3 Å². The Morgan fingerprint density at radius 2 is 2.10 bits per heavy atom. The maximum atomic E-state index is 11.7. The zero-order chi connectivity index (χ0) is 15.8. The number of nitroso groups, excluding NO2 is 1. The van der Waals surface area contributed by atoms with Crippen LogP contribution in [0.15, 0.2) is 29.0 Å². The quantitative estimate of drug-likeness (QED) is 0.438. The summed E-state index contributed by atoms with van der Waals surface area (Å²) >= 11 is 0. The highest BCUT2D eigenvalue weighted by atomic mass is 16.5. The van der Waals surface area contributed by atoms with Crippen molar-refractivity contribution in [2.24, 2.45) is 11.1 Å². The number of carbonyl (C=O) groups is 1. The maximum Gasteiger partial charge on any atom is 0.337 e. The number of nitrogens with zero attached hydrogens (tertiary/aromatic N) is 1. The number of carbonyl (C=O) groups excluding carboxylic acids is 1. The Morgan fingerprint density at radius 3 is 2.62 bits per heavy atom. The molecule has 0 heterocycles. The first kappa shape index (κ1) is 17.5. The molecule has 0 saturated carbocycles. The number of hydrogen-bond donors (Lipinski definition) is 3. The fourth-order valence-electron chi connectivity index (χ4n) is 2.01. The van der Waals surface area contributed by atoms with E-state index in [2.05, 4.69) is 5.18 Å². The lowest BCUT2D eigenvalue weighted by Crippen LogP contribution is -2.40. The van der Waals surface area contributed by atoms with Gasteiger partial charge in [0.15, 0.2) is 0 Å². The van der Waals surface area contributed by atoms with Crippen LogP contribution in [0.25, 0.3) is 0 Å². The topological polar surface area (TPSA) is 116 Å². The summed E-state index contributed by atoms with van der Waals surface area (Å²) in [6.45, 7) is 0.545. The van der Waals surface area contributed by atoms with Crippen molar-refractivity contribution in [3.63, 3.8) is 0 Å². The van der Waals surface area contributed by atoms with Crippen LogP contribution >= 0.6 is 0 Å². The van der Waals surface area contributed by atoms with Crippen LogP contribution in [0.1, 0.15) is 19.8 Å².